The fraction of sp³-hybridized carbons (Fsp3) is 0.143. The van der Waals surface area contributed by atoms with Gasteiger partial charge >= 0.3 is 6.18 Å². The lowest BCUT2D eigenvalue weighted by atomic mass is 10.2. The molecule has 9 heteroatoms. The first-order chi connectivity index (χ1) is 10.6. The van der Waals surface area contributed by atoms with Crippen LogP contribution in [0.5, 0.6) is 0 Å². The Balaban J connectivity index is 2.27. The van der Waals surface area contributed by atoms with Gasteiger partial charge in [0, 0.05) is 6.54 Å². The molecule has 0 aliphatic carbocycles. The smallest absolute Gasteiger partial charge is 0.207 e. The van der Waals surface area contributed by atoms with Gasteiger partial charge in [0.15, 0.2) is 0 Å². The molecule has 0 aliphatic heterocycles. The van der Waals surface area contributed by atoms with Gasteiger partial charge in [-0.1, -0.05) is 23.7 Å². The minimum atomic E-state index is -4.69. The molecule has 0 saturated carbocycles. The number of halogens is 5. The van der Waals surface area contributed by atoms with Gasteiger partial charge in [-0.05, 0) is 35.9 Å². The third-order valence-corrected chi connectivity index (χ3v) is 4.81. The summed E-state index contributed by atoms with van der Waals surface area (Å²) in [5.74, 6) is -0.488. The normalized spacial score (nSPS) is 12.4. The van der Waals surface area contributed by atoms with E-state index in [0.29, 0.717) is 17.7 Å². The summed E-state index contributed by atoms with van der Waals surface area (Å²) >= 11 is 5.70. The van der Waals surface area contributed by atoms with E-state index in [9.17, 15) is 26.0 Å². The summed E-state index contributed by atoms with van der Waals surface area (Å²) in [6.45, 7) is -0.213. The minimum absolute atomic E-state index is 0.213. The first-order valence-corrected chi connectivity index (χ1v) is 8.06. The van der Waals surface area contributed by atoms with Crippen LogP contribution in [0.25, 0.3) is 0 Å². The highest BCUT2D eigenvalue weighted by molar-refractivity contribution is 7.89. The summed E-state index contributed by atoms with van der Waals surface area (Å²) in [6, 6.07) is 7.02. The summed E-state index contributed by atoms with van der Waals surface area (Å²) in [7, 11) is -4.26. The lowest BCUT2D eigenvalue weighted by Gasteiger charge is -2.12. The van der Waals surface area contributed by atoms with Crippen molar-refractivity contribution in [2.75, 3.05) is 0 Å². The van der Waals surface area contributed by atoms with Crippen LogP contribution in [0.1, 0.15) is 11.1 Å². The van der Waals surface area contributed by atoms with Crippen molar-refractivity contribution in [3.05, 3.63) is 64.4 Å². The highest BCUT2D eigenvalue weighted by atomic mass is 35.5. The average Bonchev–Trinajstić information content (AvgIpc) is 2.46. The van der Waals surface area contributed by atoms with Crippen molar-refractivity contribution in [2.24, 2.45) is 0 Å². The van der Waals surface area contributed by atoms with Crippen LogP contribution < -0.4 is 4.72 Å². The third kappa shape index (κ3) is 4.43. The van der Waals surface area contributed by atoms with Gasteiger partial charge in [-0.2, -0.15) is 13.2 Å². The predicted molar refractivity (Wildman–Crippen MR) is 76.9 cm³/mol. The number of sulfonamides is 1. The number of rotatable bonds is 4. The lowest BCUT2D eigenvalue weighted by Crippen LogP contribution is -2.24. The second kappa shape index (κ2) is 6.46. The van der Waals surface area contributed by atoms with Crippen LogP contribution in [0.4, 0.5) is 17.6 Å². The lowest BCUT2D eigenvalue weighted by molar-refractivity contribution is -0.137. The van der Waals surface area contributed by atoms with E-state index in [2.05, 4.69) is 4.72 Å². The Morgan fingerprint density at radius 2 is 1.65 bits per heavy atom. The molecule has 0 saturated heterocycles. The Bertz CT molecular complexity index is 805. The molecule has 0 atom stereocenters. The standard InChI is InChI=1S/C14H10ClF4NO2S/c15-12-6-3-10(14(17,18)19)7-13(12)23(21,22)20-8-9-1-4-11(16)5-2-9/h1-7,20H,8H2. The van der Waals surface area contributed by atoms with Crippen molar-refractivity contribution < 1.29 is 26.0 Å². The molecule has 0 fully saturated rings. The monoisotopic (exact) mass is 367 g/mol. The van der Waals surface area contributed by atoms with Gasteiger partial charge in [0.1, 0.15) is 10.7 Å². The van der Waals surface area contributed by atoms with Crippen LogP contribution in [-0.4, -0.2) is 8.42 Å². The number of nitrogens with one attached hydrogen (secondary N) is 1. The van der Waals surface area contributed by atoms with Crippen LogP contribution >= 0.6 is 11.6 Å². The fourth-order valence-corrected chi connectivity index (χ4v) is 3.29. The molecule has 2 rings (SSSR count). The van der Waals surface area contributed by atoms with E-state index in [0.717, 1.165) is 18.2 Å². The molecule has 0 radical (unpaired) electrons. The van der Waals surface area contributed by atoms with Gasteiger partial charge in [0.2, 0.25) is 10.0 Å². The van der Waals surface area contributed by atoms with Gasteiger partial charge in [-0.15, -0.1) is 0 Å². The highest BCUT2D eigenvalue weighted by Crippen LogP contribution is 2.33. The first-order valence-electron chi connectivity index (χ1n) is 6.20. The predicted octanol–water partition coefficient (Wildman–Crippen LogP) is 3.98. The Morgan fingerprint density at radius 3 is 2.22 bits per heavy atom. The maximum absolute atomic E-state index is 12.8. The molecule has 23 heavy (non-hydrogen) atoms. The van der Waals surface area contributed by atoms with Gasteiger partial charge < -0.3 is 0 Å². The topological polar surface area (TPSA) is 46.2 Å². The number of alkyl halides is 3. The van der Waals surface area contributed by atoms with Crippen molar-refractivity contribution in [3.63, 3.8) is 0 Å². The van der Waals surface area contributed by atoms with Crippen molar-refractivity contribution in [1.82, 2.24) is 4.72 Å². The molecule has 0 spiro atoms. The van der Waals surface area contributed by atoms with Gasteiger partial charge in [-0.3, -0.25) is 0 Å². The molecule has 2 aromatic rings. The summed E-state index contributed by atoms with van der Waals surface area (Å²) in [6.07, 6.45) is -4.69. The molecule has 3 nitrogen and oxygen atoms in total. The summed E-state index contributed by atoms with van der Waals surface area (Å²) in [5.41, 5.74) is -0.679. The minimum Gasteiger partial charge on any atom is -0.207 e. The van der Waals surface area contributed by atoms with E-state index in [4.69, 9.17) is 11.6 Å². The van der Waals surface area contributed by atoms with Crippen molar-refractivity contribution in [1.29, 1.82) is 0 Å². The summed E-state index contributed by atoms with van der Waals surface area (Å²) in [4.78, 5) is -0.670. The Labute approximate surface area is 134 Å². The molecule has 124 valence electrons. The number of benzene rings is 2. The van der Waals surface area contributed by atoms with Crippen molar-refractivity contribution in [3.8, 4) is 0 Å². The molecule has 0 amide bonds. The fourth-order valence-electron chi connectivity index (χ4n) is 1.74. The quantitative estimate of drug-likeness (QED) is 0.831. The molecule has 0 aromatic heterocycles. The molecular formula is C14H10ClF4NO2S. The van der Waals surface area contributed by atoms with Crippen LogP contribution in [0.15, 0.2) is 47.4 Å². The molecule has 0 aliphatic rings. The molecule has 2 aromatic carbocycles. The second-order valence-electron chi connectivity index (χ2n) is 4.59. The van der Waals surface area contributed by atoms with E-state index in [1.807, 2.05) is 0 Å². The molecular weight excluding hydrogens is 358 g/mol. The number of hydrogen-bond acceptors (Lipinski definition) is 2. The van der Waals surface area contributed by atoms with E-state index in [1.165, 1.54) is 12.1 Å². The molecule has 1 N–H and O–H groups in total. The SMILES string of the molecule is O=S(=O)(NCc1ccc(F)cc1)c1cc(C(F)(F)F)ccc1Cl. The zero-order valence-corrected chi connectivity index (χ0v) is 12.9. The van der Waals surface area contributed by atoms with Gasteiger partial charge in [-0.25, -0.2) is 17.5 Å². The Morgan fingerprint density at radius 1 is 1.04 bits per heavy atom. The van der Waals surface area contributed by atoms with Crippen LogP contribution in [0.3, 0.4) is 0 Å². The number of hydrogen-bond donors (Lipinski definition) is 1. The molecule has 0 bridgehead atoms. The first kappa shape index (κ1) is 17.7. The average molecular weight is 368 g/mol. The maximum atomic E-state index is 12.8. The van der Waals surface area contributed by atoms with Crippen molar-refractivity contribution in [2.45, 2.75) is 17.6 Å². The Hall–Kier alpha value is -1.64. The van der Waals surface area contributed by atoms with Crippen molar-refractivity contribution >= 4 is 21.6 Å². The van der Waals surface area contributed by atoms with E-state index in [-0.39, 0.29) is 11.6 Å². The van der Waals surface area contributed by atoms with Crippen LogP contribution in [0.2, 0.25) is 5.02 Å². The van der Waals surface area contributed by atoms with E-state index >= 15 is 0 Å². The van der Waals surface area contributed by atoms with Gasteiger partial charge in [0.05, 0.1) is 10.6 Å². The van der Waals surface area contributed by atoms with E-state index < -0.39 is 32.5 Å². The molecule has 0 heterocycles. The third-order valence-electron chi connectivity index (χ3n) is 2.93. The second-order valence-corrected chi connectivity index (χ2v) is 6.74. The molecule has 0 unspecified atom stereocenters. The van der Waals surface area contributed by atoms with Crippen LogP contribution in [-0.2, 0) is 22.7 Å². The Kier molecular flexibility index (Phi) is 4.98. The zero-order valence-electron chi connectivity index (χ0n) is 11.4. The largest absolute Gasteiger partial charge is 0.416 e. The summed E-state index contributed by atoms with van der Waals surface area (Å²) in [5, 5.41) is -0.329. The van der Waals surface area contributed by atoms with Crippen LogP contribution in [0, 0.1) is 5.82 Å². The zero-order chi connectivity index (χ0) is 17.3. The van der Waals surface area contributed by atoms with E-state index in [1.54, 1.807) is 0 Å². The highest BCUT2D eigenvalue weighted by Gasteiger charge is 2.32. The maximum Gasteiger partial charge on any atom is 0.416 e. The van der Waals surface area contributed by atoms with Gasteiger partial charge in [0.25, 0.3) is 0 Å². The summed E-state index contributed by atoms with van der Waals surface area (Å²) < 4.78 is 77.2.